The Morgan fingerprint density at radius 2 is 1.95 bits per heavy atom. The highest BCUT2D eigenvalue weighted by molar-refractivity contribution is 5.78. The van der Waals surface area contributed by atoms with Gasteiger partial charge >= 0.3 is 0 Å². The van der Waals surface area contributed by atoms with Gasteiger partial charge in [-0.15, -0.1) is 0 Å². The Hall–Kier alpha value is -1.39. The van der Waals surface area contributed by atoms with E-state index in [1.807, 2.05) is 37.3 Å². The first-order valence-electron chi connectivity index (χ1n) is 7.79. The van der Waals surface area contributed by atoms with E-state index in [1.54, 1.807) is 0 Å². The first-order valence-corrected chi connectivity index (χ1v) is 7.79. The Morgan fingerprint density at radius 3 is 2.57 bits per heavy atom. The number of carbonyl (C=O) groups is 1. The number of nitrogens with zero attached hydrogens (tertiary/aromatic N) is 2. The molecule has 1 heterocycles. The molecule has 1 amide bonds. The van der Waals surface area contributed by atoms with Gasteiger partial charge in [-0.25, -0.2) is 0 Å². The van der Waals surface area contributed by atoms with Gasteiger partial charge in [0.2, 0.25) is 5.91 Å². The number of likely N-dealkylation sites (tertiary alicyclic amines) is 1. The number of hydrogen-bond acceptors (Lipinski definition) is 3. The molecule has 4 heteroatoms. The van der Waals surface area contributed by atoms with Crippen molar-refractivity contribution in [1.29, 1.82) is 0 Å². The van der Waals surface area contributed by atoms with E-state index in [9.17, 15) is 4.79 Å². The van der Waals surface area contributed by atoms with Gasteiger partial charge in [0.1, 0.15) is 0 Å². The summed E-state index contributed by atoms with van der Waals surface area (Å²) in [6.07, 6.45) is 2.29. The maximum absolute atomic E-state index is 12.2. The minimum absolute atomic E-state index is 0.0598. The number of nitrogens with one attached hydrogen (secondary N) is 1. The molecule has 0 saturated carbocycles. The summed E-state index contributed by atoms with van der Waals surface area (Å²) < 4.78 is 0. The predicted octanol–water partition coefficient (Wildman–Crippen LogP) is 1.89. The van der Waals surface area contributed by atoms with Crippen LogP contribution in [0.2, 0.25) is 0 Å². The third kappa shape index (κ3) is 4.83. The maximum atomic E-state index is 12.2. The van der Waals surface area contributed by atoms with Crippen molar-refractivity contribution in [2.45, 2.75) is 31.8 Å². The van der Waals surface area contributed by atoms with Crippen LogP contribution in [-0.2, 0) is 4.79 Å². The van der Waals surface area contributed by atoms with Crippen LogP contribution >= 0.6 is 0 Å². The zero-order valence-electron chi connectivity index (χ0n) is 13.4. The monoisotopic (exact) mass is 289 g/mol. The number of carbonyl (C=O) groups excluding carboxylic acids is 1. The molecule has 116 valence electrons. The molecule has 1 saturated heterocycles. The topological polar surface area (TPSA) is 35.6 Å². The highest BCUT2D eigenvalue weighted by Crippen LogP contribution is 2.14. The molecule has 1 atom stereocenters. The quantitative estimate of drug-likeness (QED) is 0.899. The number of hydrogen-bond donors (Lipinski definition) is 1. The van der Waals surface area contributed by atoms with Crippen molar-refractivity contribution in [3.8, 4) is 0 Å². The number of rotatable bonds is 5. The molecule has 1 aliphatic heterocycles. The molecule has 0 aliphatic carbocycles. The van der Waals surface area contributed by atoms with Crippen LogP contribution < -0.4 is 5.32 Å². The predicted molar refractivity (Wildman–Crippen MR) is 86.1 cm³/mol. The zero-order valence-corrected chi connectivity index (χ0v) is 13.4. The molecule has 1 aromatic carbocycles. The Bertz CT molecular complexity index is 441. The zero-order chi connectivity index (χ0) is 15.2. The number of piperidine rings is 1. The highest BCUT2D eigenvalue weighted by Gasteiger charge is 2.22. The fourth-order valence-corrected chi connectivity index (χ4v) is 2.90. The summed E-state index contributed by atoms with van der Waals surface area (Å²) in [5, 5.41) is 3.08. The molecule has 21 heavy (non-hydrogen) atoms. The second kappa shape index (κ2) is 7.57. The van der Waals surface area contributed by atoms with Crippen molar-refractivity contribution >= 4 is 5.91 Å². The smallest absolute Gasteiger partial charge is 0.234 e. The van der Waals surface area contributed by atoms with Crippen molar-refractivity contribution in [1.82, 2.24) is 15.1 Å². The Morgan fingerprint density at radius 1 is 1.33 bits per heavy atom. The van der Waals surface area contributed by atoms with Gasteiger partial charge in [0.05, 0.1) is 12.6 Å². The summed E-state index contributed by atoms with van der Waals surface area (Å²) in [6, 6.07) is 10.7. The first kappa shape index (κ1) is 16.0. The van der Waals surface area contributed by atoms with E-state index in [-0.39, 0.29) is 11.9 Å². The van der Waals surface area contributed by atoms with E-state index in [0.29, 0.717) is 12.6 Å². The number of likely N-dealkylation sites (N-methyl/N-ethyl adjacent to an activating group) is 1. The maximum Gasteiger partial charge on any atom is 0.234 e. The second-order valence-electron chi connectivity index (χ2n) is 6.15. The van der Waals surface area contributed by atoms with Crippen LogP contribution in [-0.4, -0.2) is 55.5 Å². The molecule has 1 aromatic rings. The van der Waals surface area contributed by atoms with Gasteiger partial charge in [-0.1, -0.05) is 30.3 Å². The molecule has 0 aromatic heterocycles. The lowest BCUT2D eigenvalue weighted by Crippen LogP contribution is -2.46. The summed E-state index contributed by atoms with van der Waals surface area (Å²) >= 11 is 0. The summed E-state index contributed by atoms with van der Waals surface area (Å²) in [6.45, 7) is 4.75. The Labute approximate surface area is 128 Å². The minimum atomic E-state index is 0.0598. The van der Waals surface area contributed by atoms with Crippen LogP contribution in [0.3, 0.4) is 0 Å². The summed E-state index contributed by atoms with van der Waals surface area (Å²) in [7, 11) is 4.22. The lowest BCUT2D eigenvalue weighted by molar-refractivity contribution is -0.123. The minimum Gasteiger partial charge on any atom is -0.348 e. The SMILES string of the molecule is CC(NC(=O)CN(C)C1CCN(C)CC1)c1ccccc1. The Kier molecular flexibility index (Phi) is 5.76. The van der Waals surface area contributed by atoms with Gasteiger partial charge in [0.15, 0.2) is 0 Å². The van der Waals surface area contributed by atoms with Gasteiger partial charge in [0.25, 0.3) is 0 Å². The normalized spacial score (nSPS) is 18.7. The van der Waals surface area contributed by atoms with Crippen molar-refractivity contribution in [3.05, 3.63) is 35.9 Å². The van der Waals surface area contributed by atoms with Gasteiger partial charge in [0, 0.05) is 6.04 Å². The van der Waals surface area contributed by atoms with Crippen LogP contribution in [0.15, 0.2) is 30.3 Å². The van der Waals surface area contributed by atoms with Gasteiger partial charge in [-0.3, -0.25) is 9.69 Å². The van der Waals surface area contributed by atoms with Crippen molar-refractivity contribution < 1.29 is 4.79 Å². The number of benzene rings is 1. The summed E-state index contributed by atoms with van der Waals surface area (Å²) in [5.74, 6) is 0.104. The van der Waals surface area contributed by atoms with Crippen LogP contribution in [0.25, 0.3) is 0 Å². The molecular weight excluding hydrogens is 262 g/mol. The van der Waals surface area contributed by atoms with Gasteiger partial charge < -0.3 is 10.2 Å². The van der Waals surface area contributed by atoms with Crippen molar-refractivity contribution in [2.75, 3.05) is 33.7 Å². The molecule has 1 fully saturated rings. The van der Waals surface area contributed by atoms with Crippen molar-refractivity contribution in [2.24, 2.45) is 0 Å². The average Bonchev–Trinajstić information content (AvgIpc) is 2.48. The van der Waals surface area contributed by atoms with E-state index in [2.05, 4.69) is 29.2 Å². The van der Waals surface area contributed by atoms with E-state index < -0.39 is 0 Å². The largest absolute Gasteiger partial charge is 0.348 e. The molecule has 0 bridgehead atoms. The van der Waals surface area contributed by atoms with Gasteiger partial charge in [-0.05, 0) is 52.5 Å². The van der Waals surface area contributed by atoms with Gasteiger partial charge in [-0.2, -0.15) is 0 Å². The van der Waals surface area contributed by atoms with E-state index in [1.165, 1.54) is 0 Å². The highest BCUT2D eigenvalue weighted by atomic mass is 16.2. The van der Waals surface area contributed by atoms with E-state index in [4.69, 9.17) is 0 Å². The fraction of sp³-hybridized carbons (Fsp3) is 0.588. The molecule has 0 spiro atoms. The van der Waals surface area contributed by atoms with Crippen LogP contribution in [0.1, 0.15) is 31.4 Å². The lowest BCUT2D eigenvalue weighted by Gasteiger charge is -2.34. The van der Waals surface area contributed by atoms with E-state index in [0.717, 1.165) is 31.5 Å². The summed E-state index contributed by atoms with van der Waals surface area (Å²) in [5.41, 5.74) is 1.15. The molecular formula is C17H27N3O. The third-order valence-electron chi connectivity index (χ3n) is 4.38. The third-order valence-corrected chi connectivity index (χ3v) is 4.38. The first-order chi connectivity index (χ1) is 10.1. The molecule has 1 aliphatic rings. The van der Waals surface area contributed by atoms with Crippen molar-refractivity contribution in [3.63, 3.8) is 0 Å². The standard InChI is InChI=1S/C17H27N3O/c1-14(15-7-5-4-6-8-15)18-17(21)13-20(3)16-9-11-19(2)12-10-16/h4-8,14,16H,9-13H2,1-3H3,(H,18,21). The van der Waals surface area contributed by atoms with E-state index >= 15 is 0 Å². The second-order valence-corrected chi connectivity index (χ2v) is 6.15. The molecule has 4 nitrogen and oxygen atoms in total. The lowest BCUT2D eigenvalue weighted by atomic mass is 10.0. The Balaban J connectivity index is 1.78. The molecule has 2 rings (SSSR count). The fourth-order valence-electron chi connectivity index (χ4n) is 2.90. The summed E-state index contributed by atoms with van der Waals surface area (Å²) in [4.78, 5) is 16.7. The van der Waals surface area contributed by atoms with Crippen LogP contribution in [0.5, 0.6) is 0 Å². The average molecular weight is 289 g/mol. The molecule has 1 unspecified atom stereocenters. The van der Waals surface area contributed by atoms with Crippen LogP contribution in [0.4, 0.5) is 0 Å². The number of amides is 1. The molecule has 1 N–H and O–H groups in total. The van der Waals surface area contributed by atoms with Crippen LogP contribution in [0, 0.1) is 0 Å². The molecule has 0 radical (unpaired) electrons.